The Morgan fingerprint density at radius 3 is 2.58 bits per heavy atom. The Bertz CT molecular complexity index is 873. The normalized spacial score (nSPS) is 11.3. The minimum absolute atomic E-state index is 0.108. The smallest absolute Gasteiger partial charge is 0.331 e. The number of aliphatic carboxylic acids is 1. The predicted molar refractivity (Wildman–Crippen MR) is 83.1 cm³/mol. The summed E-state index contributed by atoms with van der Waals surface area (Å²) in [6.07, 6.45) is 4.48. The molecule has 0 unspecified atom stereocenters. The molecule has 0 amide bonds. The van der Waals surface area contributed by atoms with E-state index in [-0.39, 0.29) is 17.5 Å². The van der Waals surface area contributed by atoms with E-state index in [9.17, 15) is 4.79 Å². The van der Waals surface area contributed by atoms with E-state index in [1.807, 2.05) is 0 Å². The number of hydrogen-bond donors (Lipinski definition) is 1. The molecule has 0 saturated heterocycles. The van der Waals surface area contributed by atoms with Crippen molar-refractivity contribution in [1.29, 1.82) is 0 Å². The fraction of sp³-hybridized carbons (Fsp3) is 0.0625. The molecule has 1 aromatic carbocycles. The van der Waals surface area contributed by atoms with E-state index in [0.29, 0.717) is 17.1 Å². The van der Waals surface area contributed by atoms with Gasteiger partial charge in [-0.3, -0.25) is 0 Å². The topological polar surface area (TPSA) is 111 Å². The molecule has 8 nitrogen and oxygen atoms in total. The molecule has 2 aromatic heterocycles. The third kappa shape index (κ3) is 3.61. The van der Waals surface area contributed by atoms with Crippen molar-refractivity contribution in [3.63, 3.8) is 0 Å². The van der Waals surface area contributed by atoms with Gasteiger partial charge in [-0.1, -0.05) is 5.16 Å². The molecule has 8 heteroatoms. The summed E-state index contributed by atoms with van der Waals surface area (Å²) >= 11 is 0. The maximum atomic E-state index is 10.8. The zero-order chi connectivity index (χ0) is 16.9. The summed E-state index contributed by atoms with van der Waals surface area (Å²) in [4.78, 5) is 22.9. The highest BCUT2D eigenvalue weighted by atomic mass is 16.5. The molecular weight excluding hydrogens is 312 g/mol. The van der Waals surface area contributed by atoms with Gasteiger partial charge in [-0.2, -0.15) is 4.98 Å². The molecule has 0 spiro atoms. The van der Waals surface area contributed by atoms with Crippen LogP contribution < -0.4 is 4.74 Å². The molecule has 3 rings (SSSR count). The van der Waals surface area contributed by atoms with Crippen LogP contribution in [0.15, 0.2) is 52.8 Å². The van der Waals surface area contributed by atoms with Gasteiger partial charge in [0.25, 0.3) is 5.89 Å². The van der Waals surface area contributed by atoms with Gasteiger partial charge in [0.15, 0.2) is 0 Å². The van der Waals surface area contributed by atoms with Crippen LogP contribution in [0.1, 0.15) is 12.8 Å². The van der Waals surface area contributed by atoms with Crippen molar-refractivity contribution >= 4 is 12.0 Å². The van der Waals surface area contributed by atoms with Crippen LogP contribution in [0.4, 0.5) is 0 Å². The summed E-state index contributed by atoms with van der Waals surface area (Å²) < 4.78 is 10.5. The largest absolute Gasteiger partial charge is 0.478 e. The molecule has 24 heavy (non-hydrogen) atoms. The van der Waals surface area contributed by atoms with Crippen LogP contribution >= 0.6 is 0 Å². The van der Waals surface area contributed by atoms with Gasteiger partial charge in [0.2, 0.25) is 5.82 Å². The van der Waals surface area contributed by atoms with Crippen molar-refractivity contribution < 1.29 is 19.2 Å². The Kier molecular flexibility index (Phi) is 4.28. The van der Waals surface area contributed by atoms with E-state index >= 15 is 0 Å². The first-order chi connectivity index (χ1) is 11.6. The van der Waals surface area contributed by atoms with Crippen molar-refractivity contribution in [1.82, 2.24) is 20.1 Å². The summed E-state index contributed by atoms with van der Waals surface area (Å²) in [7, 11) is 0. The third-order valence-corrected chi connectivity index (χ3v) is 2.98. The molecule has 120 valence electrons. The number of carboxylic acids is 1. The second-order valence-corrected chi connectivity index (χ2v) is 4.75. The fourth-order valence-corrected chi connectivity index (χ4v) is 1.77. The molecule has 2 heterocycles. The van der Waals surface area contributed by atoms with Gasteiger partial charge < -0.3 is 14.4 Å². The van der Waals surface area contributed by atoms with E-state index < -0.39 is 5.97 Å². The summed E-state index contributed by atoms with van der Waals surface area (Å²) in [5.74, 6) is -0.000435. The molecule has 0 aliphatic carbocycles. The Morgan fingerprint density at radius 1 is 1.21 bits per heavy atom. The molecule has 3 aromatic rings. The lowest BCUT2D eigenvalue weighted by Gasteiger charge is -2.03. The van der Waals surface area contributed by atoms with Crippen molar-refractivity contribution in [2.24, 2.45) is 0 Å². The molecule has 0 atom stereocenters. The van der Waals surface area contributed by atoms with Crippen LogP contribution in [-0.4, -0.2) is 31.2 Å². The van der Waals surface area contributed by atoms with E-state index in [1.54, 1.807) is 42.7 Å². The third-order valence-electron chi connectivity index (χ3n) is 2.98. The van der Waals surface area contributed by atoms with Gasteiger partial charge in [0.1, 0.15) is 5.75 Å². The molecular formula is C16H12N4O4. The van der Waals surface area contributed by atoms with Crippen LogP contribution in [-0.2, 0) is 4.79 Å². The molecule has 0 aliphatic rings. The SMILES string of the molecule is CC(=Cc1nc(-c2ccc(Oc3ncccn3)cc2)no1)C(=O)O. The van der Waals surface area contributed by atoms with Crippen molar-refractivity contribution in [3.05, 3.63) is 54.2 Å². The first-order valence-electron chi connectivity index (χ1n) is 6.92. The number of hydrogen-bond acceptors (Lipinski definition) is 7. The number of carbonyl (C=O) groups is 1. The first kappa shape index (κ1) is 15.3. The Labute approximate surface area is 136 Å². The number of benzene rings is 1. The van der Waals surface area contributed by atoms with Gasteiger partial charge in [0, 0.05) is 29.6 Å². The lowest BCUT2D eigenvalue weighted by Crippen LogP contribution is -1.95. The molecule has 0 aliphatic heterocycles. The van der Waals surface area contributed by atoms with Gasteiger partial charge in [-0.05, 0) is 37.3 Å². The number of nitrogens with zero attached hydrogens (tertiary/aromatic N) is 4. The van der Waals surface area contributed by atoms with Crippen LogP contribution in [0.25, 0.3) is 17.5 Å². The average Bonchev–Trinajstić information content (AvgIpc) is 3.05. The zero-order valence-electron chi connectivity index (χ0n) is 12.6. The Morgan fingerprint density at radius 2 is 1.92 bits per heavy atom. The summed E-state index contributed by atoms with van der Waals surface area (Å²) in [5, 5.41) is 12.7. The minimum Gasteiger partial charge on any atom is -0.478 e. The summed E-state index contributed by atoms with van der Waals surface area (Å²) in [6.45, 7) is 1.45. The predicted octanol–water partition coefficient (Wildman–Crippen LogP) is 2.81. The number of ether oxygens (including phenoxy) is 1. The quantitative estimate of drug-likeness (QED) is 0.713. The highest BCUT2D eigenvalue weighted by molar-refractivity contribution is 5.90. The highest BCUT2D eigenvalue weighted by Crippen LogP contribution is 2.22. The van der Waals surface area contributed by atoms with Crippen LogP contribution in [0.3, 0.4) is 0 Å². The summed E-state index contributed by atoms with van der Waals surface area (Å²) in [6, 6.07) is 8.90. The lowest BCUT2D eigenvalue weighted by molar-refractivity contribution is -0.132. The monoisotopic (exact) mass is 324 g/mol. The zero-order valence-corrected chi connectivity index (χ0v) is 12.6. The fourth-order valence-electron chi connectivity index (χ4n) is 1.77. The molecule has 0 saturated carbocycles. The molecule has 0 radical (unpaired) electrons. The van der Waals surface area contributed by atoms with E-state index in [1.165, 1.54) is 13.0 Å². The second kappa shape index (κ2) is 6.69. The van der Waals surface area contributed by atoms with Crippen molar-refractivity contribution in [3.8, 4) is 23.1 Å². The molecule has 0 bridgehead atoms. The number of aromatic nitrogens is 4. The maximum absolute atomic E-state index is 10.8. The van der Waals surface area contributed by atoms with Crippen LogP contribution in [0, 0.1) is 0 Å². The average molecular weight is 324 g/mol. The minimum atomic E-state index is -1.04. The van der Waals surface area contributed by atoms with Gasteiger partial charge in [-0.15, -0.1) is 0 Å². The lowest BCUT2D eigenvalue weighted by atomic mass is 10.2. The number of rotatable bonds is 5. The van der Waals surface area contributed by atoms with Gasteiger partial charge >= 0.3 is 12.0 Å². The van der Waals surface area contributed by atoms with E-state index in [2.05, 4.69) is 20.1 Å². The van der Waals surface area contributed by atoms with Gasteiger partial charge in [0.05, 0.1) is 0 Å². The molecule has 0 fully saturated rings. The van der Waals surface area contributed by atoms with Crippen LogP contribution in [0.5, 0.6) is 11.8 Å². The van der Waals surface area contributed by atoms with E-state index in [0.717, 1.165) is 0 Å². The maximum Gasteiger partial charge on any atom is 0.331 e. The van der Waals surface area contributed by atoms with Crippen molar-refractivity contribution in [2.45, 2.75) is 6.92 Å². The highest BCUT2D eigenvalue weighted by Gasteiger charge is 2.09. The second-order valence-electron chi connectivity index (χ2n) is 4.75. The Balaban J connectivity index is 1.75. The molecule has 1 N–H and O–H groups in total. The van der Waals surface area contributed by atoms with Crippen molar-refractivity contribution in [2.75, 3.05) is 0 Å². The van der Waals surface area contributed by atoms with Gasteiger partial charge in [-0.25, -0.2) is 14.8 Å². The number of carboxylic acid groups (broad SMARTS) is 1. The summed E-state index contributed by atoms with van der Waals surface area (Å²) in [5.41, 5.74) is 0.810. The first-order valence-corrected chi connectivity index (χ1v) is 6.92. The Hall–Kier alpha value is -3.55. The standard InChI is InChI=1S/C16H12N4O4/c1-10(15(21)22)9-13-19-14(20-24-13)11-3-5-12(6-4-11)23-16-17-7-2-8-18-16/h2-9H,1H3,(H,21,22). The van der Waals surface area contributed by atoms with E-state index in [4.69, 9.17) is 14.4 Å². The van der Waals surface area contributed by atoms with Crippen LogP contribution in [0.2, 0.25) is 0 Å².